The Balaban J connectivity index is 0.000000370. The number of ether oxygens (including phenoxy) is 1. The number of hydrogen-bond acceptors (Lipinski definition) is 1. The zero-order chi connectivity index (χ0) is 71.0. The zero-order valence-corrected chi connectivity index (χ0v) is 65.2. The molecular weight excluding hydrogens is 1150 g/mol. The highest BCUT2D eigenvalue weighted by Crippen LogP contribution is 2.36. The Kier molecular flexibility index (Phi) is 42.5. The molecule has 0 amide bonds. The van der Waals surface area contributed by atoms with E-state index >= 15 is 0 Å². The monoisotopic (exact) mass is 1280 g/mol. The van der Waals surface area contributed by atoms with E-state index in [0.29, 0.717) is 35.5 Å². The molecule has 4 unspecified atom stereocenters. The van der Waals surface area contributed by atoms with Crippen molar-refractivity contribution in [1.82, 2.24) is 0 Å². The second-order valence-corrected chi connectivity index (χ2v) is 30.2. The highest BCUT2D eigenvalue weighted by Gasteiger charge is 2.21. The van der Waals surface area contributed by atoms with Gasteiger partial charge in [-0.1, -0.05) is 373 Å². The van der Waals surface area contributed by atoms with Crippen molar-refractivity contribution in [2.24, 2.45) is 41.4 Å². The second-order valence-electron chi connectivity index (χ2n) is 30.2. The molecule has 0 radical (unpaired) electrons. The van der Waals surface area contributed by atoms with Crippen LogP contribution in [-0.4, -0.2) is 13.7 Å². The largest absolute Gasteiger partial charge is 0.384 e. The van der Waals surface area contributed by atoms with Crippen LogP contribution in [0.3, 0.4) is 0 Å². The van der Waals surface area contributed by atoms with Gasteiger partial charge >= 0.3 is 0 Å². The maximum absolute atomic E-state index is 5.25. The molecule has 0 aromatic heterocycles. The normalized spacial score (nSPS) is 13.6. The molecule has 0 fully saturated rings. The maximum atomic E-state index is 5.25. The lowest BCUT2D eigenvalue weighted by Crippen LogP contribution is -2.12. The van der Waals surface area contributed by atoms with E-state index in [1.165, 1.54) is 105 Å². The molecule has 0 bridgehead atoms. The highest BCUT2D eigenvalue weighted by molar-refractivity contribution is 5.33. The lowest BCUT2D eigenvalue weighted by Gasteiger charge is -2.21. The van der Waals surface area contributed by atoms with Gasteiger partial charge in [0, 0.05) is 13.0 Å². The van der Waals surface area contributed by atoms with Gasteiger partial charge in [-0.05, 0) is 193 Å². The van der Waals surface area contributed by atoms with Crippen molar-refractivity contribution in [3.8, 4) is 0 Å². The predicted octanol–water partition coefficient (Wildman–Crippen LogP) is 27.9. The van der Waals surface area contributed by atoms with Crippen LogP contribution in [0.1, 0.15) is 271 Å². The third-order valence-corrected chi connectivity index (χ3v) is 19.0. The van der Waals surface area contributed by atoms with Gasteiger partial charge in [-0.2, -0.15) is 0 Å². The van der Waals surface area contributed by atoms with Crippen LogP contribution in [0.4, 0.5) is 0 Å². The summed E-state index contributed by atoms with van der Waals surface area (Å²) in [5.74, 6) is 9.12. The minimum Gasteiger partial charge on any atom is -0.384 e. The van der Waals surface area contributed by atoms with Gasteiger partial charge in [-0.25, -0.2) is 0 Å². The van der Waals surface area contributed by atoms with Crippen molar-refractivity contribution in [3.05, 3.63) is 284 Å². The summed E-state index contributed by atoms with van der Waals surface area (Å²) in [6.45, 7) is 54.6. The molecule has 0 saturated carbocycles. The molecule has 0 N–H and O–H groups in total. The molecule has 1 aliphatic rings. The van der Waals surface area contributed by atoms with Crippen LogP contribution >= 0.6 is 0 Å². The average Bonchev–Trinajstić information content (AvgIpc) is 1.85. The standard InChI is InChI=1S/C14H20.C13H20O.2C12H18.3C11H16.C10H14/c1-11(2)13-9-5-3-7-12-8-4-6-10-14(12)13;1-10(2)13(9-14-4)12-7-5-11(3)6-8-12;2*1-9(2)11(4)12-7-5-10(3)6-8-12;1-9(2)8-11-6-4-10(3)5-7-11;1-9(2)10(3)11-7-5-4-6-8-11;1-4-10-7-5-6-8-11(10)9(2)3;1-9(2)8-10-6-4-3-5-7-10/h4,6,8,10-11,13H,3,5,7,9H2,1-2H3;5-8,10,13H,9H2,1-4H3;2*5-9,11H,1-4H3;4-7,9H,8H2,1-3H3;4-10H,1-3H3;5-9H,4H2,1-3H3;3-7,9H,8H2,1-2H3/t;;11-;;;;;/m..0...../s1. The summed E-state index contributed by atoms with van der Waals surface area (Å²) in [5.41, 5.74) is 20.2. The number of aryl methyl sites for hydroxylation is 6. The second kappa shape index (κ2) is 47.6. The molecule has 0 saturated heterocycles. The van der Waals surface area contributed by atoms with Gasteiger partial charge in [0.15, 0.2) is 0 Å². The smallest absolute Gasteiger partial charge is 0.0533 e. The average molecular weight is 1280 g/mol. The van der Waals surface area contributed by atoms with Gasteiger partial charge in [-0.15, -0.1) is 0 Å². The lowest BCUT2D eigenvalue weighted by molar-refractivity contribution is 0.162. The highest BCUT2D eigenvalue weighted by atomic mass is 16.5. The number of fused-ring (bicyclic) bond motifs is 1. The first kappa shape index (κ1) is 84.8. The van der Waals surface area contributed by atoms with Gasteiger partial charge in [0.2, 0.25) is 0 Å². The van der Waals surface area contributed by atoms with Crippen molar-refractivity contribution < 1.29 is 4.74 Å². The molecule has 9 rings (SSSR count). The molecule has 1 aliphatic carbocycles. The molecule has 520 valence electrons. The van der Waals surface area contributed by atoms with Crippen LogP contribution in [0, 0.1) is 69.1 Å². The summed E-state index contributed by atoms with van der Waals surface area (Å²) < 4.78 is 5.25. The first-order valence-electron chi connectivity index (χ1n) is 37.1. The molecule has 0 aliphatic heterocycles. The van der Waals surface area contributed by atoms with E-state index in [0.717, 1.165) is 54.5 Å². The van der Waals surface area contributed by atoms with Gasteiger partial charge in [0.05, 0.1) is 6.61 Å². The number of rotatable bonds is 17. The van der Waals surface area contributed by atoms with Crippen LogP contribution in [-0.2, 0) is 30.4 Å². The SMILES string of the molecule is CC(C)C(C)c1ccccc1.CC(C)C1CCCCc2ccccc21.CC(C)Cc1ccccc1.CCc1ccccc1C(C)C.COCC(c1ccc(C)cc1)C(C)C.Cc1ccc(C(C)C(C)C)cc1.Cc1ccc(CC(C)C)cc1.Cc1ccc([C@@H](C)C(C)C)cc1. The van der Waals surface area contributed by atoms with Crippen LogP contribution in [0.25, 0.3) is 0 Å². The van der Waals surface area contributed by atoms with Gasteiger partial charge < -0.3 is 4.74 Å². The molecule has 0 heterocycles. The van der Waals surface area contributed by atoms with Crippen LogP contribution in [0.5, 0.6) is 0 Å². The number of benzene rings is 8. The van der Waals surface area contributed by atoms with Crippen molar-refractivity contribution in [3.63, 3.8) is 0 Å². The summed E-state index contributed by atoms with van der Waals surface area (Å²) in [6.07, 6.45) is 8.99. The van der Waals surface area contributed by atoms with Gasteiger partial charge in [0.1, 0.15) is 0 Å². The molecule has 5 atom stereocenters. The zero-order valence-electron chi connectivity index (χ0n) is 65.2. The fraction of sp³-hybridized carbons (Fsp3) is 0.489. The van der Waals surface area contributed by atoms with Crippen LogP contribution < -0.4 is 0 Å². The van der Waals surface area contributed by atoms with E-state index in [2.05, 4.69) is 372 Å². The molecule has 8 aromatic rings. The summed E-state index contributed by atoms with van der Waals surface area (Å²) in [7, 11) is 1.77. The molecular formula is C94H138O. The van der Waals surface area contributed by atoms with Gasteiger partial charge in [0.25, 0.3) is 0 Å². The molecule has 8 aromatic carbocycles. The van der Waals surface area contributed by atoms with Gasteiger partial charge in [-0.3, -0.25) is 0 Å². The van der Waals surface area contributed by atoms with Crippen molar-refractivity contribution in [1.29, 1.82) is 0 Å². The summed E-state index contributed by atoms with van der Waals surface area (Å²) in [4.78, 5) is 0. The summed E-state index contributed by atoms with van der Waals surface area (Å²) in [5, 5.41) is 0. The molecule has 95 heavy (non-hydrogen) atoms. The third kappa shape index (κ3) is 35.0. The van der Waals surface area contributed by atoms with Crippen molar-refractivity contribution in [2.75, 3.05) is 13.7 Å². The van der Waals surface area contributed by atoms with Crippen molar-refractivity contribution >= 4 is 0 Å². The van der Waals surface area contributed by atoms with E-state index in [-0.39, 0.29) is 0 Å². The Morgan fingerprint density at radius 2 is 0.737 bits per heavy atom. The summed E-state index contributed by atoms with van der Waals surface area (Å²) in [6, 6.07) is 74.2. The Morgan fingerprint density at radius 1 is 0.368 bits per heavy atom. The quantitative estimate of drug-likeness (QED) is 0.0826. The lowest BCUT2D eigenvalue weighted by atomic mass is 9.84. The van der Waals surface area contributed by atoms with Crippen molar-refractivity contribution in [2.45, 2.75) is 247 Å². The topological polar surface area (TPSA) is 9.23 Å². The van der Waals surface area contributed by atoms with E-state index in [1.807, 2.05) is 0 Å². The number of methoxy groups -OCH3 is 1. The van der Waals surface area contributed by atoms with E-state index in [9.17, 15) is 0 Å². The Labute approximate surface area is 587 Å². The molecule has 0 spiro atoms. The Hall–Kier alpha value is -6.28. The maximum Gasteiger partial charge on any atom is 0.0533 e. The summed E-state index contributed by atoms with van der Waals surface area (Å²) >= 11 is 0. The van der Waals surface area contributed by atoms with E-state index in [4.69, 9.17) is 4.74 Å². The first-order valence-corrected chi connectivity index (χ1v) is 37.1. The van der Waals surface area contributed by atoms with E-state index < -0.39 is 0 Å². The minimum absolute atomic E-state index is 0.514. The fourth-order valence-electron chi connectivity index (χ4n) is 11.7. The first-order chi connectivity index (χ1) is 45.1. The van der Waals surface area contributed by atoms with Crippen LogP contribution in [0.2, 0.25) is 0 Å². The fourth-order valence-corrected chi connectivity index (χ4v) is 11.7. The Morgan fingerprint density at radius 3 is 1.12 bits per heavy atom. The van der Waals surface area contributed by atoms with Crippen LogP contribution in [0.15, 0.2) is 206 Å². The molecule has 1 nitrogen and oxygen atoms in total. The van der Waals surface area contributed by atoms with E-state index in [1.54, 1.807) is 18.2 Å². The Bertz CT molecular complexity index is 3060. The predicted molar refractivity (Wildman–Crippen MR) is 425 cm³/mol. The molecule has 1 heteroatoms. The minimum atomic E-state index is 0.514. The third-order valence-electron chi connectivity index (χ3n) is 19.0. The number of hydrogen-bond donors (Lipinski definition) is 0.